The molecule has 0 unspecified atom stereocenters. The molecule has 2 aromatic carbocycles. The summed E-state index contributed by atoms with van der Waals surface area (Å²) in [6.45, 7) is 3.71. The average molecular weight is 393 g/mol. The lowest BCUT2D eigenvalue weighted by Gasteiger charge is -2.04. The Balaban J connectivity index is 1.59. The largest absolute Gasteiger partial charge is 0.273 e. The minimum atomic E-state index is -0.118. The van der Waals surface area contributed by atoms with Crippen LogP contribution in [0, 0.1) is 0 Å². The van der Waals surface area contributed by atoms with Gasteiger partial charge < -0.3 is 0 Å². The molecule has 0 bridgehead atoms. The highest BCUT2D eigenvalue weighted by atomic mass is 16.2. The van der Waals surface area contributed by atoms with Crippen molar-refractivity contribution in [3.63, 3.8) is 0 Å². The number of amides is 2. The van der Waals surface area contributed by atoms with Gasteiger partial charge in [0.25, 0.3) is 0 Å². The van der Waals surface area contributed by atoms with Crippen molar-refractivity contribution < 1.29 is 9.59 Å². The molecular weight excluding hydrogens is 364 g/mol. The molecule has 0 aliphatic heterocycles. The van der Waals surface area contributed by atoms with Crippen LogP contribution in [0.5, 0.6) is 0 Å². The monoisotopic (exact) mass is 392 g/mol. The number of carbonyl (C=O) groups is 2. The van der Waals surface area contributed by atoms with Gasteiger partial charge in [0.15, 0.2) is 0 Å². The molecule has 0 aromatic heterocycles. The molecule has 29 heavy (non-hydrogen) atoms. The first-order chi connectivity index (χ1) is 14.1. The van der Waals surface area contributed by atoms with E-state index in [2.05, 4.69) is 21.1 Å². The molecule has 0 aliphatic carbocycles. The van der Waals surface area contributed by atoms with Crippen LogP contribution in [-0.2, 0) is 9.59 Å². The molecule has 0 radical (unpaired) electrons. The maximum Gasteiger partial charge on any atom is 0.240 e. The number of hydrazone groups is 2. The Labute approximate surface area is 172 Å². The van der Waals surface area contributed by atoms with Gasteiger partial charge in [0.2, 0.25) is 11.8 Å². The van der Waals surface area contributed by atoms with E-state index in [-0.39, 0.29) is 11.8 Å². The number of nitrogens with zero attached hydrogens (tertiary/aromatic N) is 2. The number of unbranched alkanes of at least 4 members (excludes halogenated alkanes) is 2. The number of hydrogen-bond donors (Lipinski definition) is 2. The Kier molecular flexibility index (Phi) is 9.29. The lowest BCUT2D eigenvalue weighted by molar-refractivity contribution is -0.121. The maximum absolute atomic E-state index is 11.9. The lowest BCUT2D eigenvalue weighted by Crippen LogP contribution is -2.19. The van der Waals surface area contributed by atoms with Crippen LogP contribution in [-0.4, -0.2) is 23.2 Å². The Hall–Kier alpha value is -3.28. The second kappa shape index (κ2) is 12.2. The van der Waals surface area contributed by atoms with Gasteiger partial charge in [-0.1, -0.05) is 67.1 Å². The highest BCUT2D eigenvalue weighted by Gasteiger charge is 2.04. The number of hydrogen-bond acceptors (Lipinski definition) is 4. The Bertz CT molecular complexity index is 774. The van der Waals surface area contributed by atoms with Crippen molar-refractivity contribution in [1.29, 1.82) is 0 Å². The van der Waals surface area contributed by atoms with Gasteiger partial charge in [0, 0.05) is 12.8 Å². The van der Waals surface area contributed by atoms with Crippen LogP contribution in [0.3, 0.4) is 0 Å². The fourth-order valence-corrected chi connectivity index (χ4v) is 2.64. The van der Waals surface area contributed by atoms with Crippen molar-refractivity contribution in [2.45, 2.75) is 46.0 Å². The summed E-state index contributed by atoms with van der Waals surface area (Å²) >= 11 is 0. The molecule has 0 aliphatic rings. The van der Waals surface area contributed by atoms with Crippen molar-refractivity contribution in [2.24, 2.45) is 10.2 Å². The number of rotatable bonds is 10. The Morgan fingerprint density at radius 1 is 0.655 bits per heavy atom. The maximum atomic E-state index is 11.9. The van der Waals surface area contributed by atoms with E-state index in [0.717, 1.165) is 29.0 Å². The van der Waals surface area contributed by atoms with E-state index in [9.17, 15) is 9.59 Å². The van der Waals surface area contributed by atoms with E-state index >= 15 is 0 Å². The molecule has 152 valence electrons. The van der Waals surface area contributed by atoms with E-state index in [0.29, 0.717) is 25.7 Å². The van der Waals surface area contributed by atoms with Gasteiger partial charge in [0.05, 0.1) is 11.4 Å². The average Bonchev–Trinajstić information content (AvgIpc) is 2.76. The summed E-state index contributed by atoms with van der Waals surface area (Å²) in [4.78, 5) is 23.7. The minimum absolute atomic E-state index is 0.118. The smallest absolute Gasteiger partial charge is 0.240 e. The van der Waals surface area contributed by atoms with Crippen LogP contribution in [0.2, 0.25) is 0 Å². The molecule has 2 aromatic rings. The molecule has 0 heterocycles. The zero-order valence-corrected chi connectivity index (χ0v) is 17.0. The lowest BCUT2D eigenvalue weighted by atomic mass is 10.1. The topological polar surface area (TPSA) is 82.9 Å². The second-order valence-corrected chi connectivity index (χ2v) is 6.76. The number of benzene rings is 2. The van der Waals surface area contributed by atoms with E-state index < -0.39 is 0 Å². The zero-order chi connectivity index (χ0) is 20.9. The summed E-state index contributed by atoms with van der Waals surface area (Å²) in [6, 6.07) is 19.4. The van der Waals surface area contributed by atoms with Gasteiger partial charge in [-0.25, -0.2) is 10.9 Å². The van der Waals surface area contributed by atoms with Crippen molar-refractivity contribution >= 4 is 23.2 Å². The first-order valence-electron chi connectivity index (χ1n) is 9.83. The molecule has 0 saturated carbocycles. The quantitative estimate of drug-likeness (QED) is 0.364. The highest BCUT2D eigenvalue weighted by Crippen LogP contribution is 2.04. The molecular formula is C23H28N4O2. The molecule has 0 saturated heterocycles. The van der Waals surface area contributed by atoms with Gasteiger partial charge in [-0.05, 0) is 37.8 Å². The van der Waals surface area contributed by atoms with Crippen molar-refractivity contribution in [3.8, 4) is 0 Å². The van der Waals surface area contributed by atoms with E-state index in [4.69, 9.17) is 0 Å². The van der Waals surface area contributed by atoms with Crippen molar-refractivity contribution in [3.05, 3.63) is 71.8 Å². The first kappa shape index (κ1) is 22.0. The van der Waals surface area contributed by atoms with Gasteiger partial charge in [-0.3, -0.25) is 9.59 Å². The summed E-state index contributed by atoms with van der Waals surface area (Å²) in [5, 5.41) is 8.25. The van der Waals surface area contributed by atoms with Gasteiger partial charge in [0.1, 0.15) is 0 Å². The molecule has 2 rings (SSSR count). The first-order valence-corrected chi connectivity index (χ1v) is 9.83. The second-order valence-electron chi connectivity index (χ2n) is 6.76. The van der Waals surface area contributed by atoms with E-state index in [1.165, 1.54) is 0 Å². The van der Waals surface area contributed by atoms with E-state index in [1.54, 1.807) is 0 Å². The predicted molar refractivity (Wildman–Crippen MR) is 117 cm³/mol. The van der Waals surface area contributed by atoms with Crippen LogP contribution in [0.4, 0.5) is 0 Å². The van der Waals surface area contributed by atoms with E-state index in [1.807, 2.05) is 74.5 Å². The van der Waals surface area contributed by atoms with Gasteiger partial charge >= 0.3 is 0 Å². The third-order valence-electron chi connectivity index (χ3n) is 4.39. The van der Waals surface area contributed by atoms with Gasteiger partial charge in [-0.2, -0.15) is 10.2 Å². The summed E-state index contributed by atoms with van der Waals surface area (Å²) in [5.41, 5.74) is 8.65. The summed E-state index contributed by atoms with van der Waals surface area (Å²) in [7, 11) is 0. The zero-order valence-electron chi connectivity index (χ0n) is 17.0. The van der Waals surface area contributed by atoms with Crippen LogP contribution in [0.1, 0.15) is 57.1 Å². The third-order valence-corrected chi connectivity index (χ3v) is 4.39. The summed E-state index contributed by atoms with van der Waals surface area (Å²) in [5.74, 6) is -0.236. The van der Waals surface area contributed by atoms with Crippen molar-refractivity contribution in [1.82, 2.24) is 10.9 Å². The van der Waals surface area contributed by atoms with Crippen LogP contribution < -0.4 is 10.9 Å². The minimum Gasteiger partial charge on any atom is -0.273 e. The van der Waals surface area contributed by atoms with Crippen molar-refractivity contribution in [2.75, 3.05) is 0 Å². The summed E-state index contributed by atoms with van der Waals surface area (Å²) < 4.78 is 0. The SMILES string of the molecule is CC(=NNC(=O)CCCCCC(=O)NN=C(C)c1ccccc1)c1ccccc1. The predicted octanol–water partition coefficient (Wildman–Crippen LogP) is 4.02. The Morgan fingerprint density at radius 2 is 1.03 bits per heavy atom. The normalized spacial score (nSPS) is 11.8. The number of carbonyl (C=O) groups excluding carboxylic acids is 2. The van der Waals surface area contributed by atoms with Crippen LogP contribution in [0.25, 0.3) is 0 Å². The van der Waals surface area contributed by atoms with Gasteiger partial charge in [-0.15, -0.1) is 0 Å². The molecule has 6 nitrogen and oxygen atoms in total. The number of nitrogens with one attached hydrogen (secondary N) is 2. The Morgan fingerprint density at radius 3 is 1.41 bits per heavy atom. The molecule has 0 spiro atoms. The molecule has 0 atom stereocenters. The molecule has 6 heteroatoms. The fourth-order valence-electron chi connectivity index (χ4n) is 2.64. The van der Waals surface area contributed by atoms with Crippen LogP contribution in [0.15, 0.2) is 70.9 Å². The van der Waals surface area contributed by atoms with Crippen LogP contribution >= 0.6 is 0 Å². The molecule has 2 amide bonds. The summed E-state index contributed by atoms with van der Waals surface area (Å²) in [6.07, 6.45) is 3.00. The highest BCUT2D eigenvalue weighted by molar-refractivity contribution is 5.99. The standard InChI is InChI=1S/C23H28N4O2/c1-18(20-12-6-3-7-13-20)24-26-22(28)16-10-5-11-17-23(29)27-25-19(2)21-14-8-4-9-15-21/h3-4,6-9,12-15H,5,10-11,16-17H2,1-2H3,(H,26,28)(H,27,29). The fraction of sp³-hybridized carbons (Fsp3) is 0.304. The molecule has 0 fully saturated rings. The molecule has 2 N–H and O–H groups in total. The third kappa shape index (κ3) is 8.51.